The molecule has 0 aliphatic rings. The van der Waals surface area contributed by atoms with Gasteiger partial charge in [-0.1, -0.05) is 50.2 Å². The van der Waals surface area contributed by atoms with Gasteiger partial charge in [-0.3, -0.25) is 0 Å². The van der Waals surface area contributed by atoms with Crippen LogP contribution < -0.4 is 0 Å². The summed E-state index contributed by atoms with van der Waals surface area (Å²) >= 11 is -0.826. The molecule has 6 heteroatoms. The minimum atomic E-state index is -0.826. The van der Waals surface area contributed by atoms with Crippen molar-refractivity contribution < 1.29 is 20.8 Å². The second-order valence-electron chi connectivity index (χ2n) is 9.39. The van der Waals surface area contributed by atoms with Crippen LogP contribution >= 0.6 is 17.0 Å². The fourth-order valence-corrected chi connectivity index (χ4v) is 4.60. The Kier molecular flexibility index (Phi) is 11.9. The number of halogens is 2. The summed E-state index contributed by atoms with van der Waals surface area (Å²) in [6.45, 7) is 8.60. The van der Waals surface area contributed by atoms with Crippen LogP contribution in [0.15, 0.2) is 97.6 Å². The second kappa shape index (κ2) is 14.9. The molecule has 6 rings (SSSR count). The number of hydrogen-bond acceptors (Lipinski definition) is 0. The molecule has 38 heavy (non-hydrogen) atoms. The van der Waals surface area contributed by atoms with Gasteiger partial charge in [-0.05, 0) is 23.3 Å². The van der Waals surface area contributed by atoms with E-state index in [-0.39, 0.29) is 0 Å². The number of aromatic nitrogens is 2. The molecule has 0 N–H and O–H groups in total. The summed E-state index contributed by atoms with van der Waals surface area (Å²) in [7, 11) is 15.1. The standard InChI is InChI=1S/2C15H14N.C2H6Si.2ClH.Zr/c2*1-11-8-12-4-3-5-14(15(12)9-11)13-6-7-16(2)10-13;1-3-2;;;/h2*3-10H,1-2H3;1-2H3;2*1H;/q2*-1;;;;+4/p-2. The Labute approximate surface area is 248 Å². The Morgan fingerprint density at radius 3 is 1.37 bits per heavy atom. The number of benzene rings is 2. The molecule has 0 amide bonds. The molecule has 0 saturated heterocycles. The summed E-state index contributed by atoms with van der Waals surface area (Å²) in [6.07, 6.45) is 8.50. The van der Waals surface area contributed by atoms with Crippen LogP contribution in [0.5, 0.6) is 0 Å². The van der Waals surface area contributed by atoms with E-state index < -0.39 is 20.8 Å². The summed E-state index contributed by atoms with van der Waals surface area (Å²) in [5.41, 5.74) is 7.89. The predicted molar refractivity (Wildman–Crippen MR) is 167 cm³/mol. The van der Waals surface area contributed by atoms with Crippen molar-refractivity contribution in [3.8, 4) is 22.3 Å². The van der Waals surface area contributed by atoms with E-state index in [1.54, 1.807) is 0 Å². The van der Waals surface area contributed by atoms with Crippen LogP contribution in [0.2, 0.25) is 13.1 Å². The topological polar surface area (TPSA) is 9.86 Å². The first-order valence-electron chi connectivity index (χ1n) is 12.4. The Bertz CT molecular complexity index is 1450. The Morgan fingerprint density at radius 2 is 1.05 bits per heavy atom. The average molecular weight is 637 g/mol. The fraction of sp³-hybridized carbons (Fsp3) is 0.188. The van der Waals surface area contributed by atoms with Crippen LogP contribution in [0.3, 0.4) is 0 Å². The molecular formula is C32H34Cl2N2SiZr. The molecule has 0 aliphatic carbocycles. The van der Waals surface area contributed by atoms with Gasteiger partial charge in [0.15, 0.2) is 0 Å². The van der Waals surface area contributed by atoms with Gasteiger partial charge in [0.2, 0.25) is 0 Å². The van der Waals surface area contributed by atoms with Gasteiger partial charge in [-0.2, -0.15) is 12.1 Å². The molecule has 4 aromatic carbocycles. The van der Waals surface area contributed by atoms with Gasteiger partial charge in [-0.15, -0.1) is 69.1 Å². The van der Waals surface area contributed by atoms with Crippen LogP contribution in [0.1, 0.15) is 11.1 Å². The SMILES string of the molecule is C[Si]C.Cc1cc2c(-c3ccn(C)c3)cccc2[cH-]1.Cc1cc2c(-c3ccn(C)c3)cccc2[cH-]1.[Cl][Zr+2][Cl]. The van der Waals surface area contributed by atoms with Gasteiger partial charge in [0, 0.05) is 48.4 Å². The molecule has 2 nitrogen and oxygen atoms in total. The van der Waals surface area contributed by atoms with E-state index in [9.17, 15) is 0 Å². The molecular weight excluding hydrogens is 603 g/mol. The van der Waals surface area contributed by atoms with Crippen molar-refractivity contribution >= 4 is 48.1 Å². The van der Waals surface area contributed by atoms with Crippen molar-refractivity contribution in [2.45, 2.75) is 26.9 Å². The van der Waals surface area contributed by atoms with Crippen LogP contribution in [-0.4, -0.2) is 18.7 Å². The van der Waals surface area contributed by atoms with Crippen LogP contribution in [-0.2, 0) is 34.9 Å². The van der Waals surface area contributed by atoms with E-state index in [2.05, 4.69) is 148 Å². The molecule has 0 saturated carbocycles. The molecule has 0 aliphatic heterocycles. The first-order valence-corrected chi connectivity index (χ1v) is 20.8. The summed E-state index contributed by atoms with van der Waals surface area (Å²) in [4.78, 5) is 0. The molecule has 2 aromatic heterocycles. The average Bonchev–Trinajstić information content (AvgIpc) is 3.66. The monoisotopic (exact) mass is 634 g/mol. The van der Waals surface area contributed by atoms with Gasteiger partial charge < -0.3 is 9.13 Å². The van der Waals surface area contributed by atoms with E-state index in [0.717, 1.165) is 9.52 Å². The molecule has 0 fully saturated rings. The van der Waals surface area contributed by atoms with Crippen molar-refractivity contribution in [1.82, 2.24) is 9.13 Å². The van der Waals surface area contributed by atoms with E-state index in [4.69, 9.17) is 17.0 Å². The normalized spacial score (nSPS) is 10.1. The molecule has 0 spiro atoms. The maximum atomic E-state index is 4.93. The number of aryl methyl sites for hydroxylation is 4. The van der Waals surface area contributed by atoms with Crippen LogP contribution in [0, 0.1) is 13.8 Å². The summed E-state index contributed by atoms with van der Waals surface area (Å²) < 4.78 is 4.17. The third kappa shape index (κ3) is 7.96. The van der Waals surface area contributed by atoms with Gasteiger partial charge >= 0.3 is 37.9 Å². The zero-order valence-corrected chi connectivity index (χ0v) is 27.9. The van der Waals surface area contributed by atoms with Crippen LogP contribution in [0.25, 0.3) is 43.8 Å². The zero-order chi connectivity index (χ0) is 27.7. The summed E-state index contributed by atoms with van der Waals surface area (Å²) in [5, 5.41) is 5.37. The van der Waals surface area contributed by atoms with Crippen molar-refractivity contribution in [3.05, 3.63) is 109 Å². The van der Waals surface area contributed by atoms with Crippen molar-refractivity contribution in [1.29, 1.82) is 0 Å². The number of hydrogen-bond donors (Lipinski definition) is 0. The molecule has 2 radical (unpaired) electrons. The van der Waals surface area contributed by atoms with Gasteiger partial charge in [0.25, 0.3) is 0 Å². The first-order chi connectivity index (χ1) is 18.3. The minimum absolute atomic E-state index is 0.826. The van der Waals surface area contributed by atoms with Crippen LogP contribution in [0.4, 0.5) is 0 Å². The van der Waals surface area contributed by atoms with E-state index in [1.807, 2.05) is 0 Å². The predicted octanol–water partition coefficient (Wildman–Crippen LogP) is 9.91. The van der Waals surface area contributed by atoms with Gasteiger partial charge in [0.1, 0.15) is 0 Å². The number of fused-ring (bicyclic) bond motifs is 2. The Morgan fingerprint density at radius 1 is 0.684 bits per heavy atom. The van der Waals surface area contributed by atoms with Crippen molar-refractivity contribution in [3.63, 3.8) is 0 Å². The van der Waals surface area contributed by atoms with Crippen molar-refractivity contribution in [2.24, 2.45) is 14.1 Å². The molecule has 6 aromatic rings. The summed E-state index contributed by atoms with van der Waals surface area (Å²) in [6, 6.07) is 26.3. The number of nitrogens with zero attached hydrogens (tertiary/aromatic N) is 2. The quantitative estimate of drug-likeness (QED) is 0.132. The first kappa shape index (κ1) is 30.4. The Hall–Kier alpha value is -2.10. The maximum absolute atomic E-state index is 4.93. The second-order valence-corrected chi connectivity index (χ2v) is 14.1. The van der Waals surface area contributed by atoms with E-state index in [0.29, 0.717) is 0 Å². The van der Waals surface area contributed by atoms with Crippen molar-refractivity contribution in [2.75, 3.05) is 0 Å². The van der Waals surface area contributed by atoms with Gasteiger partial charge in [-0.25, -0.2) is 0 Å². The summed E-state index contributed by atoms with van der Waals surface area (Å²) in [5.74, 6) is 0. The Balaban J connectivity index is 0.000000175. The third-order valence-electron chi connectivity index (χ3n) is 6.08. The molecule has 194 valence electrons. The third-order valence-corrected chi connectivity index (χ3v) is 6.08. The fourth-order valence-electron chi connectivity index (χ4n) is 4.60. The van der Waals surface area contributed by atoms with E-state index >= 15 is 0 Å². The van der Waals surface area contributed by atoms with Gasteiger partial charge in [0.05, 0.1) is 0 Å². The molecule has 0 bridgehead atoms. The number of rotatable bonds is 2. The molecule has 2 heterocycles. The van der Waals surface area contributed by atoms with E-state index in [1.165, 1.54) is 54.9 Å². The zero-order valence-electron chi connectivity index (χ0n) is 22.9. The molecule has 0 unspecified atom stereocenters. The molecule has 0 atom stereocenters.